The zero-order valence-electron chi connectivity index (χ0n) is 12.8. The summed E-state index contributed by atoms with van der Waals surface area (Å²) in [6, 6.07) is 5.74. The maximum atomic E-state index is 13.7. The molecule has 126 valence electrons. The minimum Gasteiger partial charge on any atom is -0.481 e. The highest BCUT2D eigenvalue weighted by molar-refractivity contribution is 7.88. The van der Waals surface area contributed by atoms with Crippen LogP contribution < -0.4 is 0 Å². The third-order valence-electron chi connectivity index (χ3n) is 4.86. The summed E-state index contributed by atoms with van der Waals surface area (Å²) < 4.78 is 40.1. The minimum absolute atomic E-state index is 0.0475. The monoisotopic (exact) mass is 342 g/mol. The van der Waals surface area contributed by atoms with Gasteiger partial charge in [-0.3, -0.25) is 4.79 Å². The lowest BCUT2D eigenvalue weighted by Crippen LogP contribution is -2.41. The normalized spacial score (nSPS) is 28.9. The first-order valence-corrected chi connectivity index (χ1v) is 8.99. The second-order valence-electron chi connectivity index (χ2n) is 6.50. The van der Waals surface area contributed by atoms with Crippen LogP contribution in [0, 0.1) is 17.2 Å². The molecule has 2 saturated heterocycles. The lowest BCUT2D eigenvalue weighted by atomic mass is 9.81. The van der Waals surface area contributed by atoms with Crippen LogP contribution in [-0.2, 0) is 20.6 Å². The van der Waals surface area contributed by atoms with Gasteiger partial charge in [-0.15, -0.1) is 0 Å². The Morgan fingerprint density at radius 3 is 2.65 bits per heavy atom. The number of carbonyl (C=O) groups is 1. The van der Waals surface area contributed by atoms with Crippen LogP contribution in [0.5, 0.6) is 0 Å². The second kappa shape index (κ2) is 5.54. The van der Waals surface area contributed by atoms with Gasteiger partial charge in [0, 0.05) is 37.7 Å². The van der Waals surface area contributed by atoms with Crippen LogP contribution in [0.2, 0.25) is 0 Å². The predicted octanol–water partition coefficient (Wildman–Crippen LogP) is 0.604. The van der Waals surface area contributed by atoms with Gasteiger partial charge in [-0.2, -0.15) is 0 Å². The molecule has 0 radical (unpaired) electrons. The molecule has 2 aliphatic rings. The van der Waals surface area contributed by atoms with Crippen molar-refractivity contribution < 1.29 is 22.7 Å². The number of hydrogen-bond acceptors (Lipinski definition) is 4. The number of carboxylic acid groups (broad SMARTS) is 1. The molecule has 2 atom stereocenters. The number of nitrogens with zero attached hydrogens (tertiary/aromatic N) is 2. The van der Waals surface area contributed by atoms with Crippen LogP contribution in [0.15, 0.2) is 24.3 Å². The molecule has 0 aliphatic carbocycles. The van der Waals surface area contributed by atoms with Gasteiger partial charge in [0.15, 0.2) is 0 Å². The predicted molar refractivity (Wildman–Crippen MR) is 81.7 cm³/mol. The van der Waals surface area contributed by atoms with E-state index in [1.165, 1.54) is 22.5 Å². The Labute approximate surface area is 134 Å². The van der Waals surface area contributed by atoms with Crippen molar-refractivity contribution in [1.29, 1.82) is 0 Å². The van der Waals surface area contributed by atoms with Crippen LogP contribution in [0.1, 0.15) is 5.56 Å². The van der Waals surface area contributed by atoms with E-state index in [1.807, 2.05) is 11.9 Å². The van der Waals surface area contributed by atoms with Crippen LogP contribution in [0.25, 0.3) is 0 Å². The van der Waals surface area contributed by atoms with Crippen molar-refractivity contribution in [2.45, 2.75) is 5.75 Å². The first kappa shape index (κ1) is 16.4. The Kier molecular flexibility index (Phi) is 3.94. The van der Waals surface area contributed by atoms with Gasteiger partial charge in [0.05, 0.1) is 11.2 Å². The van der Waals surface area contributed by atoms with E-state index in [0.29, 0.717) is 13.1 Å². The number of hydrogen-bond donors (Lipinski definition) is 1. The van der Waals surface area contributed by atoms with Gasteiger partial charge >= 0.3 is 5.97 Å². The second-order valence-corrected chi connectivity index (χ2v) is 8.46. The molecule has 2 heterocycles. The van der Waals surface area contributed by atoms with Gasteiger partial charge in [0.1, 0.15) is 5.82 Å². The fourth-order valence-electron chi connectivity index (χ4n) is 3.69. The van der Waals surface area contributed by atoms with Crippen LogP contribution in [-0.4, -0.2) is 61.9 Å². The van der Waals surface area contributed by atoms with Crippen LogP contribution >= 0.6 is 0 Å². The molecule has 6 nitrogen and oxygen atoms in total. The lowest BCUT2D eigenvalue weighted by molar-refractivity contribution is -0.148. The lowest BCUT2D eigenvalue weighted by Gasteiger charge is -2.24. The Hall–Kier alpha value is -1.51. The average molecular weight is 342 g/mol. The summed E-state index contributed by atoms with van der Waals surface area (Å²) in [4.78, 5) is 13.6. The molecule has 2 aliphatic heterocycles. The number of rotatable bonds is 4. The highest BCUT2D eigenvalue weighted by Crippen LogP contribution is 2.43. The number of halogens is 1. The molecule has 1 N–H and O–H groups in total. The Bertz CT molecular complexity index is 739. The molecular weight excluding hydrogens is 323 g/mol. The van der Waals surface area contributed by atoms with E-state index in [9.17, 15) is 22.7 Å². The highest BCUT2D eigenvalue weighted by Gasteiger charge is 2.58. The SMILES string of the molecule is CN1C[C@H]2CN(S(=O)(=O)Cc3ccccc3F)C[C@@]2(C(=O)O)C1. The first-order chi connectivity index (χ1) is 10.7. The summed E-state index contributed by atoms with van der Waals surface area (Å²) in [5.74, 6) is -2.21. The molecule has 0 unspecified atom stereocenters. The first-order valence-electron chi connectivity index (χ1n) is 7.38. The Morgan fingerprint density at radius 1 is 1.35 bits per heavy atom. The van der Waals surface area contributed by atoms with Crippen LogP contribution in [0.3, 0.4) is 0 Å². The largest absolute Gasteiger partial charge is 0.481 e. The molecule has 0 saturated carbocycles. The molecule has 1 aromatic rings. The van der Waals surface area contributed by atoms with Gasteiger partial charge < -0.3 is 10.0 Å². The summed E-state index contributed by atoms with van der Waals surface area (Å²) in [6.45, 7) is 1.01. The van der Waals surface area contributed by atoms with Crippen molar-refractivity contribution in [2.75, 3.05) is 33.2 Å². The smallest absolute Gasteiger partial charge is 0.312 e. The summed E-state index contributed by atoms with van der Waals surface area (Å²) in [6.07, 6.45) is 0. The number of carboxylic acids is 1. The van der Waals surface area contributed by atoms with E-state index in [-0.39, 0.29) is 24.6 Å². The molecule has 0 aromatic heterocycles. The molecule has 3 rings (SSSR count). The number of likely N-dealkylation sites (tertiary alicyclic amines) is 1. The van der Waals surface area contributed by atoms with Crippen molar-refractivity contribution in [2.24, 2.45) is 11.3 Å². The number of sulfonamides is 1. The van der Waals surface area contributed by atoms with E-state index < -0.39 is 33.0 Å². The molecule has 0 bridgehead atoms. The molecule has 8 heteroatoms. The van der Waals surface area contributed by atoms with E-state index in [4.69, 9.17) is 0 Å². The van der Waals surface area contributed by atoms with Crippen molar-refractivity contribution in [3.05, 3.63) is 35.6 Å². The molecule has 23 heavy (non-hydrogen) atoms. The Morgan fingerprint density at radius 2 is 2.04 bits per heavy atom. The summed E-state index contributed by atoms with van der Waals surface area (Å²) in [5, 5.41) is 9.60. The van der Waals surface area contributed by atoms with Crippen molar-refractivity contribution in [3.8, 4) is 0 Å². The van der Waals surface area contributed by atoms with Gasteiger partial charge in [-0.1, -0.05) is 18.2 Å². The fraction of sp³-hybridized carbons (Fsp3) is 0.533. The van der Waals surface area contributed by atoms with Crippen LogP contribution in [0.4, 0.5) is 4.39 Å². The van der Waals surface area contributed by atoms with Gasteiger partial charge in [0.2, 0.25) is 10.0 Å². The molecule has 0 amide bonds. The van der Waals surface area contributed by atoms with Gasteiger partial charge in [-0.05, 0) is 13.1 Å². The standard InChI is InChI=1S/C15H19FN2O4S/c1-17-6-12-7-18(10-15(12,9-17)14(19)20)23(21,22)8-11-4-2-3-5-13(11)16/h2-5,12H,6-10H2,1H3,(H,19,20)/t12-,15-/m0/s1. The van der Waals surface area contributed by atoms with Gasteiger partial charge in [-0.25, -0.2) is 17.1 Å². The number of benzene rings is 1. The van der Waals surface area contributed by atoms with Gasteiger partial charge in [0.25, 0.3) is 0 Å². The molecule has 1 aromatic carbocycles. The van der Waals surface area contributed by atoms with E-state index in [0.717, 1.165) is 0 Å². The summed E-state index contributed by atoms with van der Waals surface area (Å²) >= 11 is 0. The molecule has 2 fully saturated rings. The summed E-state index contributed by atoms with van der Waals surface area (Å²) in [5.41, 5.74) is -0.956. The average Bonchev–Trinajstić information content (AvgIpc) is 2.95. The minimum atomic E-state index is -3.76. The number of aliphatic carboxylic acids is 1. The van der Waals surface area contributed by atoms with E-state index >= 15 is 0 Å². The summed E-state index contributed by atoms with van der Waals surface area (Å²) in [7, 11) is -1.92. The zero-order valence-corrected chi connectivity index (χ0v) is 13.6. The van der Waals surface area contributed by atoms with E-state index in [2.05, 4.69) is 0 Å². The van der Waals surface area contributed by atoms with Crippen molar-refractivity contribution in [3.63, 3.8) is 0 Å². The number of fused-ring (bicyclic) bond motifs is 1. The maximum Gasteiger partial charge on any atom is 0.312 e. The van der Waals surface area contributed by atoms with Crippen molar-refractivity contribution >= 4 is 16.0 Å². The maximum absolute atomic E-state index is 13.7. The fourth-order valence-corrected chi connectivity index (χ4v) is 5.33. The zero-order chi connectivity index (χ0) is 16.8. The quantitative estimate of drug-likeness (QED) is 0.867. The third-order valence-corrected chi connectivity index (χ3v) is 6.60. The highest BCUT2D eigenvalue weighted by atomic mass is 32.2. The topological polar surface area (TPSA) is 77.9 Å². The Balaban J connectivity index is 1.83. The van der Waals surface area contributed by atoms with Crippen molar-refractivity contribution in [1.82, 2.24) is 9.21 Å². The van der Waals surface area contributed by atoms with E-state index in [1.54, 1.807) is 6.07 Å². The molecular formula is C15H19FN2O4S. The molecule has 0 spiro atoms. The third kappa shape index (κ3) is 2.75.